The van der Waals surface area contributed by atoms with E-state index >= 15 is 0 Å². The Morgan fingerprint density at radius 1 is 1.09 bits per heavy atom. The van der Waals surface area contributed by atoms with Gasteiger partial charge in [-0.15, -0.1) is 0 Å². The lowest BCUT2D eigenvalue weighted by Gasteiger charge is -2.31. The smallest absolute Gasteiger partial charge is 0.251 e. The van der Waals surface area contributed by atoms with Crippen LogP contribution in [0.4, 0.5) is 14.6 Å². The van der Waals surface area contributed by atoms with Gasteiger partial charge in [-0.25, -0.2) is 18.4 Å². The zero-order valence-corrected chi connectivity index (χ0v) is 19.0. The molecule has 0 aromatic carbocycles. The molecule has 0 spiro atoms. The van der Waals surface area contributed by atoms with Gasteiger partial charge in [-0.1, -0.05) is 32.1 Å². The highest BCUT2D eigenvalue weighted by Gasteiger charge is 2.26. The molecule has 0 atom stereocenters. The summed E-state index contributed by atoms with van der Waals surface area (Å²) in [6.45, 7) is 1.08. The zero-order chi connectivity index (χ0) is 22.5. The van der Waals surface area contributed by atoms with E-state index in [0.717, 1.165) is 29.7 Å². The fourth-order valence-electron chi connectivity index (χ4n) is 5.15. The van der Waals surface area contributed by atoms with E-state index < -0.39 is 6.43 Å². The van der Waals surface area contributed by atoms with Gasteiger partial charge in [0.25, 0.3) is 6.43 Å². The fraction of sp³-hybridized carbons (Fsp3) is 0.708. The second kappa shape index (κ2) is 10.7. The van der Waals surface area contributed by atoms with Crippen LogP contribution in [0.2, 0.25) is 0 Å². The summed E-state index contributed by atoms with van der Waals surface area (Å²) in [5.41, 5.74) is 1.19. The third-order valence-corrected chi connectivity index (χ3v) is 6.99. The lowest BCUT2D eigenvalue weighted by Crippen LogP contribution is -2.37. The summed E-state index contributed by atoms with van der Waals surface area (Å²) in [5.74, 6) is 1.09. The van der Waals surface area contributed by atoms with E-state index in [-0.39, 0.29) is 18.2 Å². The van der Waals surface area contributed by atoms with Crippen LogP contribution in [0.1, 0.15) is 74.7 Å². The van der Waals surface area contributed by atoms with Crippen molar-refractivity contribution >= 4 is 22.6 Å². The van der Waals surface area contributed by atoms with Crippen molar-refractivity contribution < 1.29 is 13.6 Å². The Morgan fingerprint density at radius 3 is 2.47 bits per heavy atom. The summed E-state index contributed by atoms with van der Waals surface area (Å²) in [7, 11) is 1.83. The van der Waals surface area contributed by atoms with Gasteiger partial charge in [-0.05, 0) is 56.8 Å². The quantitative estimate of drug-likeness (QED) is 0.602. The van der Waals surface area contributed by atoms with E-state index in [0.29, 0.717) is 31.2 Å². The lowest BCUT2D eigenvalue weighted by molar-refractivity contribution is 0.0655. The first kappa shape index (κ1) is 23.1. The number of aryl methyl sites for hydroxylation is 1. The number of fused-ring (bicyclic) bond motifs is 1. The van der Waals surface area contributed by atoms with E-state index in [2.05, 4.69) is 10.4 Å². The number of likely N-dealkylation sites (tertiary alicyclic amines) is 1. The van der Waals surface area contributed by atoms with Crippen molar-refractivity contribution in [3.05, 3.63) is 17.8 Å². The SMILES string of the molecule is Cn1nc(C(=O)CC2CCN(CC(F)F)CC2)c2ccc(NC3CCCCCCC3)nc21. The molecule has 8 heteroatoms. The van der Waals surface area contributed by atoms with E-state index in [1.54, 1.807) is 9.58 Å². The Kier molecular flexibility index (Phi) is 7.71. The molecular weight excluding hydrogens is 412 g/mol. The van der Waals surface area contributed by atoms with Crippen molar-refractivity contribution in [3.8, 4) is 0 Å². The van der Waals surface area contributed by atoms with Gasteiger partial charge < -0.3 is 5.32 Å². The number of piperidine rings is 1. The number of ketones is 1. The van der Waals surface area contributed by atoms with E-state index in [9.17, 15) is 13.6 Å². The van der Waals surface area contributed by atoms with Crippen LogP contribution in [0.5, 0.6) is 0 Å². The molecule has 0 bridgehead atoms. The molecule has 0 unspecified atom stereocenters. The number of anilines is 1. The lowest BCUT2D eigenvalue weighted by atomic mass is 9.90. The molecule has 3 heterocycles. The molecule has 176 valence electrons. The largest absolute Gasteiger partial charge is 0.367 e. The molecule has 2 aliphatic rings. The minimum Gasteiger partial charge on any atom is -0.367 e. The zero-order valence-electron chi connectivity index (χ0n) is 19.0. The van der Waals surface area contributed by atoms with Crippen LogP contribution < -0.4 is 5.32 Å². The van der Waals surface area contributed by atoms with Gasteiger partial charge in [-0.3, -0.25) is 9.69 Å². The number of halogens is 2. The highest BCUT2D eigenvalue weighted by molar-refractivity contribution is 6.05. The molecule has 2 aromatic heterocycles. The van der Waals surface area contributed by atoms with Gasteiger partial charge in [-0.2, -0.15) is 5.10 Å². The van der Waals surface area contributed by atoms with Crippen LogP contribution in [-0.2, 0) is 7.05 Å². The van der Waals surface area contributed by atoms with Gasteiger partial charge >= 0.3 is 0 Å². The Bertz CT molecular complexity index is 899. The summed E-state index contributed by atoms with van der Waals surface area (Å²) < 4.78 is 26.8. The van der Waals surface area contributed by atoms with Crippen molar-refractivity contribution in [3.63, 3.8) is 0 Å². The minimum absolute atomic E-state index is 0.0189. The van der Waals surface area contributed by atoms with Crippen LogP contribution in [0.15, 0.2) is 12.1 Å². The van der Waals surface area contributed by atoms with Gasteiger partial charge in [0.1, 0.15) is 11.5 Å². The molecule has 1 saturated heterocycles. The van der Waals surface area contributed by atoms with Crippen LogP contribution >= 0.6 is 0 Å². The number of pyridine rings is 1. The first-order valence-corrected chi connectivity index (χ1v) is 12.1. The first-order valence-electron chi connectivity index (χ1n) is 12.1. The maximum Gasteiger partial charge on any atom is 0.251 e. The summed E-state index contributed by atoms with van der Waals surface area (Å²) in [5, 5.41) is 8.87. The monoisotopic (exact) mass is 447 g/mol. The number of carbonyl (C=O) groups excluding carboxylic acids is 1. The second-order valence-corrected chi connectivity index (χ2v) is 9.49. The third kappa shape index (κ3) is 5.82. The summed E-state index contributed by atoms with van der Waals surface area (Å²) in [4.78, 5) is 19.6. The van der Waals surface area contributed by atoms with Crippen molar-refractivity contribution in [1.29, 1.82) is 0 Å². The molecule has 1 saturated carbocycles. The summed E-state index contributed by atoms with van der Waals surface area (Å²) >= 11 is 0. The standard InChI is InChI=1S/C24H35F2N5O/c1-30-24-19(9-10-22(28-24)27-18-7-5-3-2-4-6-8-18)23(29-30)20(32)15-17-11-13-31(14-12-17)16-21(25)26/h9-10,17-18,21H,2-8,11-16H2,1H3,(H,27,28). The van der Waals surface area contributed by atoms with Gasteiger partial charge in [0, 0.05) is 19.5 Å². The molecule has 1 N–H and O–H groups in total. The predicted molar refractivity (Wildman–Crippen MR) is 122 cm³/mol. The number of carbonyl (C=O) groups is 1. The molecule has 0 radical (unpaired) electrons. The molecule has 2 aromatic rings. The van der Waals surface area contributed by atoms with E-state index in [4.69, 9.17) is 4.98 Å². The minimum atomic E-state index is -2.30. The highest BCUT2D eigenvalue weighted by Crippen LogP contribution is 2.27. The number of alkyl halides is 2. The number of nitrogens with zero attached hydrogens (tertiary/aromatic N) is 4. The van der Waals surface area contributed by atoms with Crippen molar-refractivity contribution in [2.45, 2.75) is 76.7 Å². The normalized spacial score (nSPS) is 19.9. The Labute approximate surface area is 188 Å². The molecular formula is C24H35F2N5O. The molecule has 2 fully saturated rings. The number of hydrogen-bond donors (Lipinski definition) is 1. The van der Waals surface area contributed by atoms with E-state index in [1.165, 1.54) is 44.9 Å². The maximum atomic E-state index is 13.0. The Balaban J connectivity index is 1.39. The van der Waals surface area contributed by atoms with Crippen LogP contribution in [0, 0.1) is 5.92 Å². The van der Waals surface area contributed by atoms with Gasteiger partial charge in [0.05, 0.1) is 11.9 Å². The number of hydrogen-bond acceptors (Lipinski definition) is 5. The van der Waals surface area contributed by atoms with Gasteiger partial charge in [0.2, 0.25) is 0 Å². The van der Waals surface area contributed by atoms with E-state index in [1.807, 2.05) is 19.2 Å². The van der Waals surface area contributed by atoms with Gasteiger partial charge in [0.15, 0.2) is 11.4 Å². The molecule has 1 aliphatic heterocycles. The Hall–Kier alpha value is -2.09. The molecule has 32 heavy (non-hydrogen) atoms. The number of aromatic nitrogens is 3. The fourth-order valence-corrected chi connectivity index (χ4v) is 5.15. The van der Waals surface area contributed by atoms with Crippen molar-refractivity contribution in [2.24, 2.45) is 13.0 Å². The van der Waals surface area contributed by atoms with Crippen LogP contribution in [0.25, 0.3) is 11.0 Å². The molecule has 4 rings (SSSR count). The summed E-state index contributed by atoms with van der Waals surface area (Å²) in [6, 6.07) is 4.37. The predicted octanol–water partition coefficient (Wildman–Crippen LogP) is 5.04. The Morgan fingerprint density at radius 2 is 1.78 bits per heavy atom. The molecule has 6 nitrogen and oxygen atoms in total. The highest BCUT2D eigenvalue weighted by atomic mass is 19.3. The molecule has 1 aliphatic carbocycles. The number of nitrogens with one attached hydrogen (secondary N) is 1. The van der Waals surface area contributed by atoms with Crippen LogP contribution in [-0.4, -0.2) is 57.5 Å². The van der Waals surface area contributed by atoms with Crippen molar-refractivity contribution in [2.75, 3.05) is 25.0 Å². The number of Topliss-reactive ketones (excluding diaryl/α,β-unsaturated/α-hetero) is 1. The topological polar surface area (TPSA) is 63.1 Å². The first-order chi connectivity index (χ1) is 15.5. The summed E-state index contributed by atoms with van der Waals surface area (Å²) in [6.07, 6.45) is 8.48. The average molecular weight is 448 g/mol. The molecule has 0 amide bonds. The average Bonchev–Trinajstić information content (AvgIpc) is 3.07. The van der Waals surface area contributed by atoms with Crippen LogP contribution in [0.3, 0.4) is 0 Å². The number of rotatable bonds is 7. The maximum absolute atomic E-state index is 13.0. The second-order valence-electron chi connectivity index (χ2n) is 9.49. The third-order valence-electron chi connectivity index (χ3n) is 6.99. The van der Waals surface area contributed by atoms with Crippen molar-refractivity contribution in [1.82, 2.24) is 19.7 Å².